The first-order chi connectivity index (χ1) is 13.5. The lowest BCUT2D eigenvalue weighted by atomic mass is 10.1. The SMILES string of the molecule is CCCC(=O)N(C1CCCC1)C1CC(=O)N(c2ccc(C(=O)OC)cc2)C1=O. The van der Waals surface area contributed by atoms with Crippen molar-refractivity contribution in [1.29, 1.82) is 0 Å². The van der Waals surface area contributed by atoms with Gasteiger partial charge in [-0.1, -0.05) is 19.8 Å². The van der Waals surface area contributed by atoms with Crippen LogP contribution in [0.5, 0.6) is 0 Å². The van der Waals surface area contributed by atoms with Crippen LogP contribution in [-0.4, -0.2) is 47.8 Å². The fourth-order valence-corrected chi connectivity index (χ4v) is 4.13. The molecule has 1 saturated heterocycles. The summed E-state index contributed by atoms with van der Waals surface area (Å²) in [7, 11) is 1.29. The van der Waals surface area contributed by atoms with Crippen molar-refractivity contribution in [2.75, 3.05) is 12.0 Å². The molecule has 0 radical (unpaired) electrons. The average molecular weight is 386 g/mol. The molecule has 1 aromatic rings. The zero-order chi connectivity index (χ0) is 20.3. The van der Waals surface area contributed by atoms with Gasteiger partial charge in [-0.25, -0.2) is 9.69 Å². The lowest BCUT2D eigenvalue weighted by molar-refractivity contribution is -0.141. The molecule has 1 aliphatic carbocycles. The van der Waals surface area contributed by atoms with E-state index in [9.17, 15) is 19.2 Å². The van der Waals surface area contributed by atoms with Gasteiger partial charge in [0.05, 0.1) is 24.8 Å². The van der Waals surface area contributed by atoms with Gasteiger partial charge in [0.2, 0.25) is 11.8 Å². The predicted molar refractivity (Wildman–Crippen MR) is 103 cm³/mol. The van der Waals surface area contributed by atoms with Crippen LogP contribution in [0.25, 0.3) is 0 Å². The lowest BCUT2D eigenvalue weighted by Gasteiger charge is -2.33. The Kier molecular flexibility index (Phi) is 6.11. The van der Waals surface area contributed by atoms with Crippen molar-refractivity contribution in [2.45, 2.75) is 64.0 Å². The van der Waals surface area contributed by atoms with E-state index in [0.717, 1.165) is 30.6 Å². The predicted octanol–water partition coefficient (Wildman–Crippen LogP) is 2.68. The van der Waals surface area contributed by atoms with Gasteiger partial charge in [0.15, 0.2) is 0 Å². The fourth-order valence-electron chi connectivity index (χ4n) is 4.13. The van der Waals surface area contributed by atoms with Gasteiger partial charge < -0.3 is 9.64 Å². The maximum absolute atomic E-state index is 13.1. The minimum atomic E-state index is -0.741. The van der Waals surface area contributed by atoms with Gasteiger partial charge in [0.1, 0.15) is 6.04 Å². The molecule has 3 rings (SSSR count). The third kappa shape index (κ3) is 3.79. The zero-order valence-electron chi connectivity index (χ0n) is 16.3. The molecule has 0 bridgehead atoms. The number of anilines is 1. The van der Waals surface area contributed by atoms with E-state index in [1.807, 2.05) is 6.92 Å². The maximum Gasteiger partial charge on any atom is 0.337 e. The zero-order valence-corrected chi connectivity index (χ0v) is 16.3. The van der Waals surface area contributed by atoms with Crippen molar-refractivity contribution in [3.63, 3.8) is 0 Å². The molecule has 7 heteroatoms. The summed E-state index contributed by atoms with van der Waals surface area (Å²) in [6, 6.07) is 5.44. The molecule has 1 atom stereocenters. The average Bonchev–Trinajstić information content (AvgIpc) is 3.31. The van der Waals surface area contributed by atoms with Crippen LogP contribution in [0.15, 0.2) is 24.3 Å². The van der Waals surface area contributed by atoms with E-state index in [1.54, 1.807) is 17.0 Å². The van der Waals surface area contributed by atoms with E-state index in [4.69, 9.17) is 0 Å². The van der Waals surface area contributed by atoms with Crippen LogP contribution in [0.1, 0.15) is 62.2 Å². The molecule has 1 unspecified atom stereocenters. The summed E-state index contributed by atoms with van der Waals surface area (Å²) in [5.74, 6) is -1.23. The topological polar surface area (TPSA) is 84.0 Å². The highest BCUT2D eigenvalue weighted by Gasteiger charge is 2.46. The van der Waals surface area contributed by atoms with Crippen LogP contribution in [0.2, 0.25) is 0 Å². The molecule has 7 nitrogen and oxygen atoms in total. The van der Waals surface area contributed by atoms with Crippen LogP contribution in [0.3, 0.4) is 0 Å². The van der Waals surface area contributed by atoms with Crippen molar-refractivity contribution in [2.24, 2.45) is 0 Å². The van der Waals surface area contributed by atoms with Crippen LogP contribution in [0, 0.1) is 0 Å². The van der Waals surface area contributed by atoms with Gasteiger partial charge in [-0.05, 0) is 43.5 Å². The monoisotopic (exact) mass is 386 g/mol. The number of carbonyl (C=O) groups is 4. The highest BCUT2D eigenvalue weighted by Crippen LogP contribution is 2.32. The first-order valence-electron chi connectivity index (χ1n) is 9.84. The number of rotatable bonds is 6. The fraction of sp³-hybridized carbons (Fsp3) is 0.524. The number of hydrogen-bond acceptors (Lipinski definition) is 5. The molecule has 0 aromatic heterocycles. The number of nitrogens with zero attached hydrogens (tertiary/aromatic N) is 2. The highest BCUT2D eigenvalue weighted by atomic mass is 16.5. The number of amides is 3. The van der Waals surface area contributed by atoms with Crippen molar-refractivity contribution < 1.29 is 23.9 Å². The van der Waals surface area contributed by atoms with Gasteiger partial charge in [-0.2, -0.15) is 0 Å². The second kappa shape index (κ2) is 8.54. The first-order valence-corrected chi connectivity index (χ1v) is 9.84. The Balaban J connectivity index is 1.84. The van der Waals surface area contributed by atoms with E-state index < -0.39 is 12.0 Å². The van der Waals surface area contributed by atoms with Crippen molar-refractivity contribution in [3.05, 3.63) is 29.8 Å². The molecular formula is C21H26N2O5. The van der Waals surface area contributed by atoms with Gasteiger partial charge in [-0.15, -0.1) is 0 Å². The first kappa shape index (κ1) is 20.0. The summed E-state index contributed by atoms with van der Waals surface area (Å²) in [5.41, 5.74) is 0.743. The lowest BCUT2D eigenvalue weighted by Crippen LogP contribution is -2.50. The molecule has 28 heavy (non-hydrogen) atoms. The van der Waals surface area contributed by atoms with Gasteiger partial charge >= 0.3 is 5.97 Å². The maximum atomic E-state index is 13.1. The Morgan fingerprint density at radius 2 is 1.79 bits per heavy atom. The summed E-state index contributed by atoms with van der Waals surface area (Å²) in [6.45, 7) is 1.93. The van der Waals surface area contributed by atoms with Crippen molar-refractivity contribution in [1.82, 2.24) is 4.90 Å². The summed E-state index contributed by atoms with van der Waals surface area (Å²) >= 11 is 0. The molecule has 0 N–H and O–H groups in total. The molecule has 1 heterocycles. The van der Waals surface area contributed by atoms with Gasteiger partial charge in [-0.3, -0.25) is 14.4 Å². The third-order valence-electron chi connectivity index (χ3n) is 5.48. The Morgan fingerprint density at radius 1 is 1.14 bits per heavy atom. The van der Waals surface area contributed by atoms with Crippen LogP contribution in [-0.2, 0) is 19.1 Å². The molecular weight excluding hydrogens is 360 g/mol. The number of ether oxygens (including phenoxy) is 1. The number of methoxy groups -OCH3 is 1. The third-order valence-corrected chi connectivity index (χ3v) is 5.48. The second-order valence-electron chi connectivity index (χ2n) is 7.32. The minimum Gasteiger partial charge on any atom is -0.465 e. The van der Waals surface area contributed by atoms with Gasteiger partial charge in [0, 0.05) is 12.5 Å². The quantitative estimate of drug-likeness (QED) is 0.554. The largest absolute Gasteiger partial charge is 0.465 e. The molecule has 3 amide bonds. The van der Waals surface area contributed by atoms with E-state index in [1.165, 1.54) is 19.2 Å². The van der Waals surface area contributed by atoms with Crippen LogP contribution >= 0.6 is 0 Å². The summed E-state index contributed by atoms with van der Waals surface area (Å²) in [5, 5.41) is 0. The standard InChI is InChI=1S/C21H26N2O5/c1-3-6-18(24)22(15-7-4-5-8-15)17-13-19(25)23(20(17)26)16-11-9-14(10-12-16)21(27)28-2/h9-12,15,17H,3-8,13H2,1-2H3. The number of carbonyl (C=O) groups excluding carboxylic acids is 4. The Bertz CT molecular complexity index is 768. The summed E-state index contributed by atoms with van der Waals surface area (Å²) in [4.78, 5) is 52.9. The van der Waals surface area contributed by atoms with E-state index in [2.05, 4.69) is 4.74 Å². The second-order valence-corrected chi connectivity index (χ2v) is 7.32. The smallest absolute Gasteiger partial charge is 0.337 e. The van der Waals surface area contributed by atoms with Crippen LogP contribution < -0.4 is 4.90 Å². The van der Waals surface area contributed by atoms with Gasteiger partial charge in [0.25, 0.3) is 5.91 Å². The Labute approximate surface area is 164 Å². The minimum absolute atomic E-state index is 0.00351. The summed E-state index contributed by atoms with van der Waals surface area (Å²) < 4.78 is 4.67. The molecule has 1 aliphatic heterocycles. The Hall–Kier alpha value is -2.70. The highest BCUT2D eigenvalue weighted by molar-refractivity contribution is 6.23. The normalized spacial score (nSPS) is 19.9. The van der Waals surface area contributed by atoms with E-state index >= 15 is 0 Å². The molecule has 2 aliphatic rings. The van der Waals surface area contributed by atoms with Crippen molar-refractivity contribution >= 4 is 29.4 Å². The molecule has 0 spiro atoms. The number of imide groups is 1. The summed E-state index contributed by atoms with van der Waals surface area (Å²) in [6.07, 6.45) is 4.91. The Morgan fingerprint density at radius 3 is 2.36 bits per heavy atom. The number of benzene rings is 1. The van der Waals surface area contributed by atoms with E-state index in [-0.39, 0.29) is 30.2 Å². The molecule has 1 aromatic carbocycles. The number of esters is 1. The van der Waals surface area contributed by atoms with Crippen molar-refractivity contribution in [3.8, 4) is 0 Å². The molecule has 150 valence electrons. The van der Waals surface area contributed by atoms with E-state index in [0.29, 0.717) is 24.1 Å². The molecule has 2 fully saturated rings. The van der Waals surface area contributed by atoms with Crippen LogP contribution in [0.4, 0.5) is 5.69 Å². The number of hydrogen-bond donors (Lipinski definition) is 0. The molecule has 1 saturated carbocycles.